The summed E-state index contributed by atoms with van der Waals surface area (Å²) >= 11 is 0. The summed E-state index contributed by atoms with van der Waals surface area (Å²) in [5, 5.41) is 0. The summed E-state index contributed by atoms with van der Waals surface area (Å²) in [5.41, 5.74) is -0.833. The molecule has 0 bridgehead atoms. The van der Waals surface area contributed by atoms with Crippen LogP contribution in [-0.2, 0) is 20.5 Å². The molecule has 7 heteroatoms. The molecule has 1 amide bonds. The third kappa shape index (κ3) is 2.17. The number of likely N-dealkylation sites (tertiary alicyclic amines) is 1. The standard InChI is InChI=1S/C20H16F2N2O3/c21-14-5-1-3-12(15(14)22)19(6-7-19)18(26)24-10-8-20(11-24)13-4-2-9-23-16(13)17(25)27-20/h1-5,9H,6-8,10-11H2. The third-order valence-corrected chi connectivity index (χ3v) is 5.93. The highest BCUT2D eigenvalue weighted by molar-refractivity contribution is 5.94. The second-order valence-corrected chi connectivity index (χ2v) is 7.44. The van der Waals surface area contributed by atoms with Gasteiger partial charge >= 0.3 is 5.97 Å². The molecule has 1 atom stereocenters. The molecule has 138 valence electrons. The fourth-order valence-corrected chi connectivity index (χ4v) is 4.37. The smallest absolute Gasteiger partial charge is 0.358 e. The van der Waals surface area contributed by atoms with Crippen molar-refractivity contribution in [2.75, 3.05) is 13.1 Å². The van der Waals surface area contributed by atoms with Crippen LogP contribution in [-0.4, -0.2) is 34.8 Å². The van der Waals surface area contributed by atoms with E-state index < -0.39 is 28.6 Å². The first kappa shape index (κ1) is 16.4. The van der Waals surface area contributed by atoms with E-state index in [9.17, 15) is 18.4 Å². The van der Waals surface area contributed by atoms with Gasteiger partial charge in [-0.2, -0.15) is 0 Å². The van der Waals surface area contributed by atoms with Crippen LogP contribution in [0.4, 0.5) is 8.78 Å². The van der Waals surface area contributed by atoms with E-state index in [1.54, 1.807) is 17.0 Å². The van der Waals surface area contributed by atoms with Gasteiger partial charge in [0.1, 0.15) is 0 Å². The van der Waals surface area contributed by atoms with Gasteiger partial charge in [-0.05, 0) is 25.0 Å². The van der Waals surface area contributed by atoms with Crippen LogP contribution in [0.1, 0.15) is 40.9 Å². The predicted molar refractivity (Wildman–Crippen MR) is 89.8 cm³/mol. The zero-order valence-electron chi connectivity index (χ0n) is 14.4. The summed E-state index contributed by atoms with van der Waals surface area (Å²) in [6.07, 6.45) is 2.95. The molecule has 5 nitrogen and oxygen atoms in total. The van der Waals surface area contributed by atoms with Crippen LogP contribution in [0.15, 0.2) is 36.5 Å². The molecule has 0 radical (unpaired) electrons. The second-order valence-electron chi connectivity index (χ2n) is 7.44. The maximum atomic E-state index is 14.3. The normalized spacial score (nSPS) is 24.8. The zero-order chi connectivity index (χ0) is 18.8. The number of fused-ring (bicyclic) bond motifs is 2. The Hall–Kier alpha value is -2.83. The van der Waals surface area contributed by atoms with Crippen molar-refractivity contribution in [1.82, 2.24) is 9.88 Å². The Balaban J connectivity index is 1.46. The molecular weight excluding hydrogens is 354 g/mol. The number of nitrogens with zero attached hydrogens (tertiary/aromatic N) is 2. The van der Waals surface area contributed by atoms with Crippen molar-refractivity contribution in [2.24, 2.45) is 0 Å². The Morgan fingerprint density at radius 1 is 1.11 bits per heavy atom. The van der Waals surface area contributed by atoms with E-state index in [1.807, 2.05) is 0 Å². The molecule has 1 aromatic heterocycles. The van der Waals surface area contributed by atoms with Crippen LogP contribution in [0.3, 0.4) is 0 Å². The first-order valence-electron chi connectivity index (χ1n) is 8.90. The molecule has 5 rings (SSSR count). The van der Waals surface area contributed by atoms with Gasteiger partial charge in [-0.1, -0.05) is 18.2 Å². The molecule has 2 aliphatic heterocycles. The number of aromatic nitrogens is 1. The average molecular weight is 370 g/mol. The van der Waals surface area contributed by atoms with E-state index in [2.05, 4.69) is 4.98 Å². The molecule has 1 unspecified atom stereocenters. The van der Waals surface area contributed by atoms with Crippen LogP contribution in [0, 0.1) is 11.6 Å². The number of carbonyl (C=O) groups is 2. The van der Waals surface area contributed by atoms with Crippen molar-refractivity contribution in [3.8, 4) is 0 Å². The van der Waals surface area contributed by atoms with Gasteiger partial charge in [-0.25, -0.2) is 18.6 Å². The molecule has 0 N–H and O–H groups in total. The molecular formula is C20H16F2N2O3. The minimum atomic E-state index is -1.02. The topological polar surface area (TPSA) is 59.5 Å². The van der Waals surface area contributed by atoms with Crippen molar-refractivity contribution in [1.29, 1.82) is 0 Å². The molecule has 3 aliphatic rings. The molecule has 3 heterocycles. The van der Waals surface area contributed by atoms with E-state index in [0.717, 1.165) is 6.07 Å². The van der Waals surface area contributed by atoms with Crippen LogP contribution in [0.25, 0.3) is 0 Å². The first-order valence-corrected chi connectivity index (χ1v) is 8.90. The van der Waals surface area contributed by atoms with Gasteiger partial charge in [0.05, 0.1) is 12.0 Å². The fraction of sp³-hybridized carbons (Fsp3) is 0.350. The zero-order valence-corrected chi connectivity index (χ0v) is 14.4. The Morgan fingerprint density at radius 2 is 1.89 bits per heavy atom. The monoisotopic (exact) mass is 370 g/mol. The van der Waals surface area contributed by atoms with Crippen LogP contribution in [0.2, 0.25) is 0 Å². The number of pyridine rings is 1. The van der Waals surface area contributed by atoms with E-state index in [-0.39, 0.29) is 23.7 Å². The highest BCUT2D eigenvalue weighted by atomic mass is 19.2. The summed E-state index contributed by atoms with van der Waals surface area (Å²) < 4.78 is 33.6. The minimum Gasteiger partial charge on any atom is -0.447 e. The van der Waals surface area contributed by atoms with Crippen molar-refractivity contribution in [2.45, 2.75) is 30.3 Å². The highest BCUT2D eigenvalue weighted by Crippen LogP contribution is 2.52. The molecule has 1 saturated carbocycles. The number of rotatable bonds is 2. The highest BCUT2D eigenvalue weighted by Gasteiger charge is 2.59. The van der Waals surface area contributed by atoms with Crippen molar-refractivity contribution >= 4 is 11.9 Å². The lowest BCUT2D eigenvalue weighted by Crippen LogP contribution is -2.40. The SMILES string of the molecule is O=C1OC2(CCN(C(=O)C3(c4cccc(F)c4F)CC3)C2)c2cccnc21. The van der Waals surface area contributed by atoms with E-state index >= 15 is 0 Å². The van der Waals surface area contributed by atoms with Crippen molar-refractivity contribution in [3.05, 3.63) is 65.0 Å². The predicted octanol–water partition coefficient (Wildman–Crippen LogP) is 2.69. The third-order valence-electron chi connectivity index (χ3n) is 5.93. The lowest BCUT2D eigenvalue weighted by Gasteiger charge is -2.26. The number of ether oxygens (including phenoxy) is 1. The van der Waals surface area contributed by atoms with Gasteiger partial charge in [0, 0.05) is 30.3 Å². The summed E-state index contributed by atoms with van der Waals surface area (Å²) in [4.78, 5) is 31.0. The number of amides is 1. The summed E-state index contributed by atoms with van der Waals surface area (Å²) in [6.45, 7) is 0.591. The van der Waals surface area contributed by atoms with E-state index in [0.29, 0.717) is 31.4 Å². The lowest BCUT2D eigenvalue weighted by atomic mass is 9.92. The van der Waals surface area contributed by atoms with Crippen LogP contribution < -0.4 is 0 Å². The van der Waals surface area contributed by atoms with E-state index in [4.69, 9.17) is 4.74 Å². The van der Waals surface area contributed by atoms with Crippen LogP contribution in [0.5, 0.6) is 0 Å². The Kier molecular flexibility index (Phi) is 3.24. The number of carbonyl (C=O) groups excluding carboxylic acids is 2. The molecule has 1 saturated heterocycles. The van der Waals surface area contributed by atoms with E-state index in [1.165, 1.54) is 18.3 Å². The van der Waals surface area contributed by atoms with Gasteiger partial charge in [0.15, 0.2) is 22.9 Å². The van der Waals surface area contributed by atoms with Crippen molar-refractivity contribution < 1.29 is 23.1 Å². The Labute approximate surface area is 154 Å². The summed E-state index contributed by atoms with van der Waals surface area (Å²) in [5.74, 6) is -2.64. The Bertz CT molecular complexity index is 989. The minimum absolute atomic E-state index is 0.110. The molecule has 1 aromatic carbocycles. The largest absolute Gasteiger partial charge is 0.447 e. The van der Waals surface area contributed by atoms with Crippen molar-refractivity contribution in [3.63, 3.8) is 0 Å². The number of esters is 1. The van der Waals surface area contributed by atoms with Gasteiger partial charge < -0.3 is 9.64 Å². The Morgan fingerprint density at radius 3 is 2.67 bits per heavy atom. The van der Waals surface area contributed by atoms with Gasteiger partial charge in [0.2, 0.25) is 5.91 Å². The molecule has 1 aliphatic carbocycles. The summed E-state index contributed by atoms with van der Waals surface area (Å²) in [6, 6.07) is 7.47. The van der Waals surface area contributed by atoms with Gasteiger partial charge in [-0.3, -0.25) is 4.79 Å². The average Bonchev–Trinajstić information content (AvgIpc) is 3.29. The van der Waals surface area contributed by atoms with Gasteiger partial charge in [0.25, 0.3) is 0 Å². The molecule has 2 aromatic rings. The number of benzene rings is 1. The maximum absolute atomic E-state index is 14.3. The fourth-order valence-electron chi connectivity index (χ4n) is 4.37. The number of halogens is 2. The summed E-state index contributed by atoms with van der Waals surface area (Å²) in [7, 11) is 0. The quantitative estimate of drug-likeness (QED) is 0.763. The number of hydrogen-bond donors (Lipinski definition) is 0. The van der Waals surface area contributed by atoms with Gasteiger partial charge in [-0.15, -0.1) is 0 Å². The van der Waals surface area contributed by atoms with Crippen LogP contribution >= 0.6 is 0 Å². The number of hydrogen-bond acceptors (Lipinski definition) is 4. The first-order chi connectivity index (χ1) is 13.0. The second kappa shape index (κ2) is 5.34. The maximum Gasteiger partial charge on any atom is 0.358 e. The molecule has 1 spiro atoms. The lowest BCUT2D eigenvalue weighted by molar-refractivity contribution is -0.134. The molecule has 27 heavy (non-hydrogen) atoms. The molecule has 2 fully saturated rings.